The molecule has 0 aliphatic heterocycles. The van der Waals surface area contributed by atoms with Gasteiger partial charge in [-0.25, -0.2) is 0 Å². The van der Waals surface area contributed by atoms with Gasteiger partial charge in [0.25, 0.3) is 0 Å². The zero-order valence-electron chi connectivity index (χ0n) is 14.3. The van der Waals surface area contributed by atoms with Crippen LogP contribution in [0.25, 0.3) is 0 Å². The summed E-state index contributed by atoms with van der Waals surface area (Å²) >= 11 is 5.21. The van der Waals surface area contributed by atoms with Crippen LogP contribution in [0.15, 0.2) is 53.6 Å². The Morgan fingerprint density at radius 1 is 1.22 bits per heavy atom. The Hall–Kier alpha value is -3.07. The first-order chi connectivity index (χ1) is 13.1. The van der Waals surface area contributed by atoms with Crippen molar-refractivity contribution in [3.63, 3.8) is 0 Å². The number of halogens is 2. The van der Waals surface area contributed by atoms with E-state index in [1.54, 1.807) is 25.3 Å². The molecule has 9 heteroatoms. The van der Waals surface area contributed by atoms with E-state index in [1.165, 1.54) is 17.0 Å². The largest absolute Gasteiger partial charge is 0.497 e. The average molecular weight is 390 g/mol. The number of nitrogens with zero attached hydrogens (tertiary/aromatic N) is 3. The maximum absolute atomic E-state index is 12.5. The molecule has 3 aromatic rings. The average Bonchev–Trinajstić information content (AvgIpc) is 3.01. The van der Waals surface area contributed by atoms with E-state index in [9.17, 15) is 8.78 Å². The first-order valence-electron chi connectivity index (χ1n) is 7.94. The number of ether oxygens (including phenoxy) is 2. The third-order valence-corrected chi connectivity index (χ3v) is 3.95. The summed E-state index contributed by atoms with van der Waals surface area (Å²) in [7, 11) is 1.60. The number of nitrogens with one attached hydrogen (secondary N) is 1. The van der Waals surface area contributed by atoms with Gasteiger partial charge in [-0.3, -0.25) is 5.10 Å². The molecule has 1 N–H and O–H groups in total. The summed E-state index contributed by atoms with van der Waals surface area (Å²) in [5, 5.41) is 11.2. The van der Waals surface area contributed by atoms with E-state index in [-0.39, 0.29) is 5.75 Å². The molecule has 0 aliphatic carbocycles. The molecule has 0 amide bonds. The summed E-state index contributed by atoms with van der Waals surface area (Å²) in [5.41, 5.74) is 1.39. The topological polar surface area (TPSA) is 64.4 Å². The van der Waals surface area contributed by atoms with Crippen molar-refractivity contribution >= 4 is 18.4 Å². The van der Waals surface area contributed by atoms with Crippen LogP contribution in [-0.4, -0.2) is 34.8 Å². The summed E-state index contributed by atoms with van der Waals surface area (Å²) in [6, 6.07) is 13.9. The van der Waals surface area contributed by atoms with Gasteiger partial charge < -0.3 is 9.47 Å². The number of rotatable bonds is 7. The van der Waals surface area contributed by atoms with Gasteiger partial charge >= 0.3 is 6.61 Å². The number of benzene rings is 2. The Morgan fingerprint density at radius 2 is 1.96 bits per heavy atom. The van der Waals surface area contributed by atoms with Gasteiger partial charge in [-0.15, -0.1) is 0 Å². The highest BCUT2D eigenvalue weighted by Gasteiger charge is 2.09. The van der Waals surface area contributed by atoms with Crippen LogP contribution >= 0.6 is 12.2 Å². The summed E-state index contributed by atoms with van der Waals surface area (Å²) < 4.78 is 36.4. The van der Waals surface area contributed by atoms with Crippen LogP contribution in [0.3, 0.4) is 0 Å². The van der Waals surface area contributed by atoms with Gasteiger partial charge in [0.1, 0.15) is 11.5 Å². The second-order valence-electron chi connectivity index (χ2n) is 5.44. The van der Waals surface area contributed by atoms with Crippen LogP contribution in [0.4, 0.5) is 8.78 Å². The monoisotopic (exact) mass is 390 g/mol. The molecule has 3 rings (SSSR count). The molecule has 0 atom stereocenters. The third kappa shape index (κ3) is 4.76. The van der Waals surface area contributed by atoms with E-state index < -0.39 is 6.61 Å². The minimum absolute atomic E-state index is 0.0305. The first-order valence-corrected chi connectivity index (χ1v) is 8.35. The van der Waals surface area contributed by atoms with Gasteiger partial charge in [-0.2, -0.15) is 23.7 Å². The lowest BCUT2D eigenvalue weighted by molar-refractivity contribution is -0.0499. The molecule has 1 aromatic heterocycles. The molecule has 0 aliphatic rings. The standard InChI is InChI=1S/C18H16F2N4O2S/c1-25-14-8-6-12(7-9-14)10-16-22-23-18(27)24(16)21-11-13-4-2-3-5-15(13)26-17(19)20/h2-9,11,17H,10H2,1H3,(H,23,27)/b21-11-. The molecule has 0 unspecified atom stereocenters. The van der Waals surface area contributed by atoms with Crippen molar-refractivity contribution in [2.45, 2.75) is 13.0 Å². The van der Waals surface area contributed by atoms with E-state index in [0.29, 0.717) is 22.6 Å². The Labute approximate surface area is 159 Å². The Kier molecular flexibility index (Phi) is 5.92. The highest BCUT2D eigenvalue weighted by molar-refractivity contribution is 7.71. The SMILES string of the molecule is COc1ccc(Cc2n[nH]c(=S)n2/N=C\c2ccccc2OC(F)F)cc1. The molecule has 27 heavy (non-hydrogen) atoms. The lowest BCUT2D eigenvalue weighted by Gasteiger charge is -2.07. The van der Waals surface area contributed by atoms with Gasteiger partial charge in [0.2, 0.25) is 4.77 Å². The smallest absolute Gasteiger partial charge is 0.387 e. The maximum atomic E-state index is 12.5. The zero-order valence-corrected chi connectivity index (χ0v) is 15.1. The molecule has 0 saturated carbocycles. The molecule has 0 radical (unpaired) electrons. The predicted octanol–water partition coefficient (Wildman–Crippen LogP) is 4.02. The fourth-order valence-electron chi connectivity index (χ4n) is 2.39. The predicted molar refractivity (Wildman–Crippen MR) is 99.3 cm³/mol. The maximum Gasteiger partial charge on any atom is 0.387 e. The van der Waals surface area contributed by atoms with E-state index >= 15 is 0 Å². The van der Waals surface area contributed by atoms with Crippen molar-refractivity contribution in [1.82, 2.24) is 14.9 Å². The molecular formula is C18H16F2N4O2S. The van der Waals surface area contributed by atoms with Crippen molar-refractivity contribution in [3.05, 3.63) is 70.3 Å². The highest BCUT2D eigenvalue weighted by Crippen LogP contribution is 2.19. The number of H-pyrrole nitrogens is 1. The first kappa shape index (κ1) is 18.7. The van der Waals surface area contributed by atoms with Crippen LogP contribution in [0.5, 0.6) is 11.5 Å². The third-order valence-electron chi connectivity index (χ3n) is 3.69. The van der Waals surface area contributed by atoms with Crippen molar-refractivity contribution in [1.29, 1.82) is 0 Å². The Bertz CT molecular complexity index is 984. The molecule has 140 valence electrons. The lowest BCUT2D eigenvalue weighted by Crippen LogP contribution is -2.05. The molecule has 1 heterocycles. The Morgan fingerprint density at radius 3 is 2.67 bits per heavy atom. The number of hydrogen-bond acceptors (Lipinski definition) is 5. The molecule has 0 fully saturated rings. The second-order valence-corrected chi connectivity index (χ2v) is 5.83. The summed E-state index contributed by atoms with van der Waals surface area (Å²) in [5.74, 6) is 1.36. The van der Waals surface area contributed by atoms with E-state index in [1.807, 2.05) is 24.3 Å². The quantitative estimate of drug-likeness (QED) is 0.489. The van der Waals surface area contributed by atoms with E-state index in [0.717, 1.165) is 11.3 Å². The minimum Gasteiger partial charge on any atom is -0.497 e. The fourth-order valence-corrected chi connectivity index (χ4v) is 2.59. The zero-order chi connectivity index (χ0) is 19.2. The number of alkyl halides is 2. The lowest BCUT2D eigenvalue weighted by atomic mass is 10.1. The van der Waals surface area contributed by atoms with Crippen LogP contribution in [0.2, 0.25) is 0 Å². The molecule has 0 bridgehead atoms. The summed E-state index contributed by atoms with van der Waals surface area (Å²) in [4.78, 5) is 0. The minimum atomic E-state index is -2.92. The van der Waals surface area contributed by atoms with Gasteiger partial charge in [-0.1, -0.05) is 24.3 Å². The van der Waals surface area contributed by atoms with Crippen LogP contribution in [0.1, 0.15) is 17.0 Å². The molecule has 0 saturated heterocycles. The second kappa shape index (κ2) is 8.54. The molecule has 0 spiro atoms. The molecule has 6 nitrogen and oxygen atoms in total. The summed E-state index contributed by atoms with van der Waals surface area (Å²) in [6.45, 7) is -2.92. The van der Waals surface area contributed by atoms with Crippen molar-refractivity contribution < 1.29 is 18.3 Å². The number of aromatic amines is 1. The van der Waals surface area contributed by atoms with E-state index in [2.05, 4.69) is 20.0 Å². The van der Waals surface area contributed by atoms with Gasteiger partial charge in [-0.05, 0) is 42.0 Å². The van der Waals surface area contributed by atoms with Gasteiger partial charge in [0, 0.05) is 12.0 Å². The Balaban J connectivity index is 1.85. The van der Waals surface area contributed by atoms with Crippen LogP contribution in [0, 0.1) is 4.77 Å². The van der Waals surface area contributed by atoms with Gasteiger partial charge in [0.05, 0.1) is 13.3 Å². The van der Waals surface area contributed by atoms with Gasteiger partial charge in [0.15, 0.2) is 5.82 Å². The van der Waals surface area contributed by atoms with Crippen molar-refractivity contribution in [2.75, 3.05) is 7.11 Å². The van der Waals surface area contributed by atoms with Crippen LogP contribution in [-0.2, 0) is 6.42 Å². The molecule has 2 aromatic carbocycles. The van der Waals surface area contributed by atoms with Crippen LogP contribution < -0.4 is 9.47 Å². The number of methoxy groups -OCH3 is 1. The molecular weight excluding hydrogens is 374 g/mol. The normalized spacial score (nSPS) is 11.3. The number of hydrogen-bond donors (Lipinski definition) is 1. The van der Waals surface area contributed by atoms with Crippen molar-refractivity contribution in [3.8, 4) is 11.5 Å². The number of aromatic nitrogens is 3. The summed E-state index contributed by atoms with van der Waals surface area (Å²) in [6.07, 6.45) is 1.88. The van der Waals surface area contributed by atoms with E-state index in [4.69, 9.17) is 17.0 Å². The highest BCUT2D eigenvalue weighted by atomic mass is 32.1. The van der Waals surface area contributed by atoms with Crippen molar-refractivity contribution in [2.24, 2.45) is 5.10 Å². The fraction of sp³-hybridized carbons (Fsp3) is 0.167. The number of para-hydroxylation sites is 1.